The van der Waals surface area contributed by atoms with Gasteiger partial charge in [0.25, 0.3) is 0 Å². The number of rotatable bonds is 0. The molecule has 0 bridgehead atoms. The van der Waals surface area contributed by atoms with Gasteiger partial charge in [-0.25, -0.2) is 5.26 Å². The molecule has 0 aromatic heterocycles. The second-order valence-corrected chi connectivity index (χ2v) is 0. The molecule has 0 saturated heterocycles. The first-order chi connectivity index (χ1) is 1.00. The quantitative estimate of drug-likeness (QED) is 0.448. The van der Waals surface area contributed by atoms with E-state index in [1.165, 1.54) is 0 Å². The monoisotopic (exact) mass is 147 g/mol. The van der Waals surface area contributed by atoms with Crippen LogP contribution in [0, 0.1) is 11.8 Å². The van der Waals surface area contributed by atoms with Crippen LogP contribution in [-0.2, 0) is 36.5 Å². The fourth-order valence-corrected chi connectivity index (χ4v) is 0. The topological polar surface area (TPSA) is 23.8 Å². The fourth-order valence-electron chi connectivity index (χ4n) is 0. The van der Waals surface area contributed by atoms with Gasteiger partial charge >= 0.3 is 0 Å². The van der Waals surface area contributed by atoms with Gasteiger partial charge < -0.3 is 0 Å². The second kappa shape index (κ2) is 62.9. The molecule has 0 unspecified atom stereocenters. The zero-order valence-corrected chi connectivity index (χ0v) is 6.16. The molecular formula is CHFeNZn. The maximum absolute atomic E-state index is 6.50. The van der Waals surface area contributed by atoms with Crippen LogP contribution in [0.15, 0.2) is 0 Å². The van der Waals surface area contributed by atoms with E-state index in [2.05, 4.69) is 6.57 Å². The van der Waals surface area contributed by atoms with E-state index in [0.717, 1.165) is 0 Å². The van der Waals surface area contributed by atoms with E-state index in [-0.39, 0.29) is 36.5 Å². The Balaban J connectivity index is -0.00000000500. The molecule has 3 heteroatoms. The third-order valence-corrected chi connectivity index (χ3v) is 0. The van der Waals surface area contributed by atoms with E-state index < -0.39 is 0 Å². The molecule has 20 valence electrons. The number of nitriles is 1. The van der Waals surface area contributed by atoms with Crippen molar-refractivity contribution in [2.75, 3.05) is 0 Å². The van der Waals surface area contributed by atoms with Gasteiger partial charge in [-0.1, -0.05) is 0 Å². The van der Waals surface area contributed by atoms with Gasteiger partial charge in [0, 0.05) is 43.1 Å². The van der Waals surface area contributed by atoms with E-state index in [9.17, 15) is 0 Å². The summed E-state index contributed by atoms with van der Waals surface area (Å²) in [5.41, 5.74) is 0. The first-order valence-corrected chi connectivity index (χ1v) is 0.258. The van der Waals surface area contributed by atoms with Crippen LogP contribution in [0.4, 0.5) is 0 Å². The molecule has 0 radical (unpaired) electrons. The molecule has 0 N–H and O–H groups in total. The van der Waals surface area contributed by atoms with Crippen molar-refractivity contribution in [3.8, 4) is 6.57 Å². The van der Waals surface area contributed by atoms with Crippen LogP contribution in [0.5, 0.6) is 0 Å². The molecule has 0 aliphatic rings. The van der Waals surface area contributed by atoms with E-state index >= 15 is 0 Å². The first kappa shape index (κ1) is 22.9. The maximum atomic E-state index is 6.50. The van der Waals surface area contributed by atoms with Crippen LogP contribution in [0.25, 0.3) is 0 Å². The largest absolute Gasteiger partial charge is 0.202 e. The number of hydrogen-bond acceptors (Lipinski definition) is 1. The Morgan fingerprint density at radius 3 is 1.25 bits per heavy atom. The van der Waals surface area contributed by atoms with Crippen molar-refractivity contribution < 1.29 is 36.5 Å². The van der Waals surface area contributed by atoms with Crippen LogP contribution in [0.1, 0.15) is 0 Å². The van der Waals surface area contributed by atoms with Gasteiger partial charge in [0.1, 0.15) is 0 Å². The number of hydrogen-bond donors (Lipinski definition) is 0. The van der Waals surface area contributed by atoms with Crippen LogP contribution in [0.3, 0.4) is 0 Å². The zero-order chi connectivity index (χ0) is 2.00. The Labute approximate surface area is 48.6 Å². The Hall–Kier alpha value is 0.633. The molecule has 0 aromatic carbocycles. The molecule has 0 heterocycles. The first-order valence-electron chi connectivity index (χ1n) is 0.258. The summed E-state index contributed by atoms with van der Waals surface area (Å²) in [6.45, 7) is 3.50. The van der Waals surface area contributed by atoms with Gasteiger partial charge in [-0.05, 0) is 0 Å². The average Bonchev–Trinajstić information content (AvgIpc) is 1.00. The third-order valence-electron chi connectivity index (χ3n) is 0. The summed E-state index contributed by atoms with van der Waals surface area (Å²) in [7, 11) is 0. The molecule has 0 aromatic rings. The molecule has 0 amide bonds. The molecule has 0 fully saturated rings. The van der Waals surface area contributed by atoms with Crippen molar-refractivity contribution in [1.82, 2.24) is 0 Å². The van der Waals surface area contributed by atoms with Crippen molar-refractivity contribution in [2.45, 2.75) is 0 Å². The molecule has 0 aliphatic carbocycles. The molecule has 0 aliphatic heterocycles. The van der Waals surface area contributed by atoms with Gasteiger partial charge in [-0.15, -0.1) is 0 Å². The molecule has 0 atom stereocenters. The van der Waals surface area contributed by atoms with E-state index in [4.69, 9.17) is 5.26 Å². The summed E-state index contributed by atoms with van der Waals surface area (Å²) in [5, 5.41) is 6.50. The summed E-state index contributed by atoms with van der Waals surface area (Å²) in [6, 6.07) is 0. The summed E-state index contributed by atoms with van der Waals surface area (Å²) in [6.07, 6.45) is 0. The van der Waals surface area contributed by atoms with Crippen molar-refractivity contribution in [1.29, 1.82) is 5.26 Å². The molecule has 0 spiro atoms. The fraction of sp³-hybridized carbons (Fsp3) is 0. The Morgan fingerprint density at radius 2 is 1.25 bits per heavy atom. The summed E-state index contributed by atoms with van der Waals surface area (Å²) < 4.78 is 0. The van der Waals surface area contributed by atoms with Gasteiger partial charge in [0.05, 0.1) is 0 Å². The normalized spacial score (nSPS) is 0.500. The van der Waals surface area contributed by atoms with E-state index in [0.29, 0.717) is 0 Å². The maximum Gasteiger partial charge on any atom is 0.0462 e. The molecular weight excluding hydrogens is 147 g/mol. The van der Waals surface area contributed by atoms with Crippen LogP contribution < -0.4 is 0 Å². The SMILES string of the molecule is C#N.[Fe].[Zn]. The Bertz CT molecular complexity index is 12.8. The van der Waals surface area contributed by atoms with Crippen molar-refractivity contribution >= 4 is 0 Å². The van der Waals surface area contributed by atoms with Crippen molar-refractivity contribution in [3.63, 3.8) is 0 Å². The van der Waals surface area contributed by atoms with Gasteiger partial charge in [0.15, 0.2) is 0 Å². The summed E-state index contributed by atoms with van der Waals surface area (Å²) >= 11 is 0. The van der Waals surface area contributed by atoms with Gasteiger partial charge in [0.2, 0.25) is 0 Å². The van der Waals surface area contributed by atoms with Crippen molar-refractivity contribution in [3.05, 3.63) is 0 Å². The Kier molecular flexibility index (Phi) is 360. The number of nitrogens with zero attached hydrogens (tertiary/aromatic N) is 1. The van der Waals surface area contributed by atoms with Gasteiger partial charge in [-0.2, -0.15) is 0 Å². The Morgan fingerprint density at radius 1 is 1.25 bits per heavy atom. The van der Waals surface area contributed by atoms with Crippen molar-refractivity contribution in [2.24, 2.45) is 0 Å². The van der Waals surface area contributed by atoms with E-state index in [1.54, 1.807) is 0 Å². The minimum atomic E-state index is 0. The van der Waals surface area contributed by atoms with Crippen LogP contribution >= 0.6 is 0 Å². The average molecular weight is 148 g/mol. The molecule has 0 rings (SSSR count). The van der Waals surface area contributed by atoms with Gasteiger partial charge in [-0.3, -0.25) is 0 Å². The predicted molar refractivity (Wildman–Crippen MR) is 6.67 cm³/mol. The summed E-state index contributed by atoms with van der Waals surface area (Å²) in [5.74, 6) is 0. The molecule has 0 saturated carbocycles. The minimum Gasteiger partial charge on any atom is -0.202 e. The van der Waals surface area contributed by atoms with E-state index in [1.807, 2.05) is 0 Å². The minimum absolute atomic E-state index is 0. The predicted octanol–water partition coefficient (Wildman–Crippen LogP) is 0.135. The zero-order valence-electron chi connectivity index (χ0n) is 2.09. The molecule has 1 nitrogen and oxygen atoms in total. The van der Waals surface area contributed by atoms with Crippen LogP contribution in [0.2, 0.25) is 0 Å². The third kappa shape index (κ3) is 17.5. The standard InChI is InChI=1S/CHN.Fe.Zn/c1-2;;/h1H;;. The van der Waals surface area contributed by atoms with Crippen LogP contribution in [-0.4, -0.2) is 0 Å². The molecule has 4 heavy (non-hydrogen) atoms. The second-order valence-electron chi connectivity index (χ2n) is 0. The smallest absolute Gasteiger partial charge is 0.0462 e. The summed E-state index contributed by atoms with van der Waals surface area (Å²) in [4.78, 5) is 0.